The van der Waals surface area contributed by atoms with E-state index in [2.05, 4.69) is 5.10 Å². The Hall–Kier alpha value is -0.860. The van der Waals surface area contributed by atoms with Crippen molar-refractivity contribution >= 4 is 0 Å². The zero-order chi connectivity index (χ0) is 7.14. The van der Waals surface area contributed by atoms with Crippen molar-refractivity contribution in [1.29, 1.82) is 0 Å². The maximum atomic E-state index is 12.4. The standard InChI is InChI=1S/C7H9FN2/c1-10-3-2-7(9-10)5-4-6(5)8/h2-3,5-6H,4H2,1H3. The minimum Gasteiger partial charge on any atom is -0.276 e. The van der Waals surface area contributed by atoms with Crippen molar-refractivity contribution in [2.75, 3.05) is 0 Å². The Kier molecular flexibility index (Phi) is 1.07. The van der Waals surface area contributed by atoms with E-state index >= 15 is 0 Å². The maximum Gasteiger partial charge on any atom is 0.109 e. The molecule has 2 rings (SSSR count). The van der Waals surface area contributed by atoms with Gasteiger partial charge in [0.1, 0.15) is 6.17 Å². The lowest BCUT2D eigenvalue weighted by Crippen LogP contribution is -1.90. The van der Waals surface area contributed by atoms with Gasteiger partial charge in [-0.25, -0.2) is 4.39 Å². The highest BCUT2D eigenvalue weighted by Crippen LogP contribution is 2.42. The predicted octanol–water partition coefficient (Wildman–Crippen LogP) is 1.25. The average Bonchev–Trinajstić information content (AvgIpc) is 2.42. The minimum atomic E-state index is -0.630. The normalized spacial score (nSPS) is 30.6. The van der Waals surface area contributed by atoms with E-state index < -0.39 is 6.17 Å². The van der Waals surface area contributed by atoms with Crippen LogP contribution in [0.25, 0.3) is 0 Å². The summed E-state index contributed by atoms with van der Waals surface area (Å²) in [6, 6.07) is 1.88. The molecule has 54 valence electrons. The van der Waals surface area contributed by atoms with Crippen LogP contribution in [0.15, 0.2) is 12.3 Å². The number of hydrogen-bond donors (Lipinski definition) is 0. The van der Waals surface area contributed by atoms with Crippen LogP contribution in [0.3, 0.4) is 0 Å². The summed E-state index contributed by atoms with van der Waals surface area (Å²) in [5, 5.41) is 4.10. The fourth-order valence-electron chi connectivity index (χ4n) is 1.10. The van der Waals surface area contributed by atoms with Crippen LogP contribution in [0.4, 0.5) is 4.39 Å². The number of aromatic nitrogens is 2. The lowest BCUT2D eigenvalue weighted by Gasteiger charge is -1.86. The topological polar surface area (TPSA) is 17.8 Å². The summed E-state index contributed by atoms with van der Waals surface area (Å²) in [4.78, 5) is 0. The maximum absolute atomic E-state index is 12.4. The zero-order valence-electron chi connectivity index (χ0n) is 5.79. The van der Waals surface area contributed by atoms with Gasteiger partial charge in [-0.1, -0.05) is 0 Å². The molecule has 0 aromatic carbocycles. The third-order valence-electron chi connectivity index (χ3n) is 1.83. The van der Waals surface area contributed by atoms with Crippen LogP contribution in [0.2, 0.25) is 0 Å². The van der Waals surface area contributed by atoms with Gasteiger partial charge in [0.2, 0.25) is 0 Å². The van der Waals surface area contributed by atoms with Crippen LogP contribution < -0.4 is 0 Å². The Labute approximate surface area is 58.7 Å². The second kappa shape index (κ2) is 1.81. The van der Waals surface area contributed by atoms with Crippen molar-refractivity contribution in [1.82, 2.24) is 9.78 Å². The number of rotatable bonds is 1. The van der Waals surface area contributed by atoms with E-state index in [4.69, 9.17) is 0 Å². The molecule has 1 aromatic rings. The summed E-state index contributed by atoms with van der Waals surface area (Å²) in [5.74, 6) is 0.0983. The first-order chi connectivity index (χ1) is 4.77. The van der Waals surface area contributed by atoms with Crippen LogP contribution >= 0.6 is 0 Å². The summed E-state index contributed by atoms with van der Waals surface area (Å²) in [6.45, 7) is 0. The highest BCUT2D eigenvalue weighted by Gasteiger charge is 2.40. The van der Waals surface area contributed by atoms with Crippen molar-refractivity contribution in [3.05, 3.63) is 18.0 Å². The third kappa shape index (κ3) is 0.818. The second-order valence-corrected chi connectivity index (χ2v) is 2.77. The Morgan fingerprint density at radius 3 is 2.90 bits per heavy atom. The van der Waals surface area contributed by atoms with Crippen molar-refractivity contribution in [2.24, 2.45) is 7.05 Å². The molecule has 0 N–H and O–H groups in total. The molecule has 0 saturated heterocycles. The van der Waals surface area contributed by atoms with Crippen molar-refractivity contribution in [3.8, 4) is 0 Å². The van der Waals surface area contributed by atoms with Crippen LogP contribution in [0.1, 0.15) is 18.0 Å². The smallest absolute Gasteiger partial charge is 0.109 e. The van der Waals surface area contributed by atoms with Crippen molar-refractivity contribution < 1.29 is 4.39 Å². The molecule has 0 aliphatic heterocycles. The second-order valence-electron chi connectivity index (χ2n) is 2.77. The van der Waals surface area contributed by atoms with E-state index in [9.17, 15) is 4.39 Å². The Balaban J connectivity index is 2.20. The Bertz CT molecular complexity index is 244. The van der Waals surface area contributed by atoms with E-state index in [1.807, 2.05) is 19.3 Å². The highest BCUT2D eigenvalue weighted by atomic mass is 19.1. The van der Waals surface area contributed by atoms with E-state index in [-0.39, 0.29) is 5.92 Å². The largest absolute Gasteiger partial charge is 0.276 e. The van der Waals surface area contributed by atoms with Crippen LogP contribution in [-0.4, -0.2) is 16.0 Å². The van der Waals surface area contributed by atoms with Crippen LogP contribution in [-0.2, 0) is 7.05 Å². The van der Waals surface area contributed by atoms with Gasteiger partial charge in [0.15, 0.2) is 0 Å². The van der Waals surface area contributed by atoms with Crippen molar-refractivity contribution in [2.45, 2.75) is 18.5 Å². The van der Waals surface area contributed by atoms with Gasteiger partial charge in [0.25, 0.3) is 0 Å². The number of nitrogens with zero attached hydrogens (tertiary/aromatic N) is 2. The van der Waals surface area contributed by atoms with Gasteiger partial charge in [-0.05, 0) is 12.5 Å². The molecule has 3 heteroatoms. The van der Waals surface area contributed by atoms with Gasteiger partial charge in [-0.3, -0.25) is 4.68 Å². The molecule has 1 heterocycles. The first-order valence-corrected chi connectivity index (χ1v) is 3.41. The van der Waals surface area contributed by atoms with Crippen molar-refractivity contribution in [3.63, 3.8) is 0 Å². The molecular weight excluding hydrogens is 131 g/mol. The van der Waals surface area contributed by atoms with Gasteiger partial charge in [-0.2, -0.15) is 5.10 Å². The molecule has 2 atom stereocenters. The number of hydrogen-bond acceptors (Lipinski definition) is 1. The Morgan fingerprint density at radius 1 is 1.80 bits per heavy atom. The molecule has 0 spiro atoms. The lowest BCUT2D eigenvalue weighted by atomic mass is 10.3. The predicted molar refractivity (Wildman–Crippen MR) is 35.5 cm³/mol. The summed E-state index contributed by atoms with van der Waals surface area (Å²) in [5.41, 5.74) is 0.898. The molecule has 0 radical (unpaired) electrons. The average molecular weight is 140 g/mol. The number of aryl methyl sites for hydroxylation is 1. The summed E-state index contributed by atoms with van der Waals surface area (Å²) in [6.07, 6.45) is 1.88. The first kappa shape index (κ1) is 5.89. The van der Waals surface area contributed by atoms with Gasteiger partial charge < -0.3 is 0 Å². The number of halogens is 1. The molecule has 1 fully saturated rings. The summed E-state index contributed by atoms with van der Waals surface area (Å²) < 4.78 is 14.1. The van der Waals surface area contributed by atoms with Gasteiger partial charge in [0, 0.05) is 19.2 Å². The molecule has 1 aliphatic carbocycles. The minimum absolute atomic E-state index is 0.0983. The lowest BCUT2D eigenvalue weighted by molar-refractivity contribution is 0.466. The van der Waals surface area contributed by atoms with E-state index in [1.54, 1.807) is 4.68 Å². The SMILES string of the molecule is Cn1ccc(C2CC2F)n1. The molecule has 2 unspecified atom stereocenters. The van der Waals surface area contributed by atoms with Gasteiger partial charge in [-0.15, -0.1) is 0 Å². The molecule has 1 saturated carbocycles. The fourth-order valence-corrected chi connectivity index (χ4v) is 1.10. The Morgan fingerprint density at radius 2 is 2.50 bits per heavy atom. The van der Waals surface area contributed by atoms with Crippen LogP contribution in [0.5, 0.6) is 0 Å². The molecule has 0 amide bonds. The quantitative estimate of drug-likeness (QED) is 0.574. The van der Waals surface area contributed by atoms with E-state index in [0.29, 0.717) is 6.42 Å². The van der Waals surface area contributed by atoms with E-state index in [0.717, 1.165) is 5.69 Å². The van der Waals surface area contributed by atoms with Gasteiger partial charge >= 0.3 is 0 Å². The van der Waals surface area contributed by atoms with E-state index in [1.165, 1.54) is 0 Å². The zero-order valence-corrected chi connectivity index (χ0v) is 5.79. The third-order valence-corrected chi connectivity index (χ3v) is 1.83. The summed E-state index contributed by atoms with van der Waals surface area (Å²) >= 11 is 0. The molecule has 1 aliphatic rings. The van der Waals surface area contributed by atoms with Crippen LogP contribution in [0, 0.1) is 0 Å². The molecule has 1 aromatic heterocycles. The summed E-state index contributed by atoms with van der Waals surface area (Å²) in [7, 11) is 1.85. The molecule has 10 heavy (non-hydrogen) atoms. The monoisotopic (exact) mass is 140 g/mol. The first-order valence-electron chi connectivity index (χ1n) is 3.41. The van der Waals surface area contributed by atoms with Gasteiger partial charge in [0.05, 0.1) is 5.69 Å². The fraction of sp³-hybridized carbons (Fsp3) is 0.571. The number of alkyl halides is 1. The molecular formula is C7H9FN2. The molecule has 2 nitrogen and oxygen atoms in total. The molecule has 0 bridgehead atoms. The highest BCUT2D eigenvalue weighted by molar-refractivity contribution is 5.17.